The second-order valence-electron chi connectivity index (χ2n) is 6.89. The SMILES string of the molecule is O=C(O)C(F)(F)C1(O)O[C@H](CO)[C@@H](OCc2ccccc2)[C@@H]1OCc1ccccc1. The molecule has 0 saturated carbocycles. The van der Waals surface area contributed by atoms with Crippen LogP contribution in [0, 0.1) is 0 Å². The Bertz CT molecular complexity index is 834. The zero-order chi connectivity index (χ0) is 21.8. The Balaban J connectivity index is 1.88. The summed E-state index contributed by atoms with van der Waals surface area (Å²) < 4.78 is 45.1. The summed E-state index contributed by atoms with van der Waals surface area (Å²) in [5.41, 5.74) is 1.31. The maximum atomic E-state index is 14.5. The standard InChI is InChI=1S/C21H22F2O7/c22-20(23,19(25)26)21(27)18(29-13-15-9-5-2-6-10-15)17(16(11-24)30-21)28-12-14-7-3-1-4-8-14/h1-10,16-18,24,27H,11-13H2,(H,25,26)/t16-,17-,18+,21?/m1/s1. The first-order chi connectivity index (χ1) is 14.3. The maximum Gasteiger partial charge on any atom is 0.397 e. The minimum atomic E-state index is -4.72. The number of aliphatic hydroxyl groups excluding tert-OH is 1. The first kappa shape index (κ1) is 22.3. The highest BCUT2D eigenvalue weighted by molar-refractivity contribution is 5.77. The van der Waals surface area contributed by atoms with Crippen LogP contribution in [0.5, 0.6) is 0 Å². The van der Waals surface area contributed by atoms with Crippen LogP contribution in [0.3, 0.4) is 0 Å². The van der Waals surface area contributed by atoms with E-state index in [4.69, 9.17) is 19.3 Å². The monoisotopic (exact) mass is 424 g/mol. The number of hydrogen-bond donors (Lipinski definition) is 3. The van der Waals surface area contributed by atoms with E-state index in [1.165, 1.54) is 0 Å². The van der Waals surface area contributed by atoms with E-state index in [0.717, 1.165) is 0 Å². The Morgan fingerprint density at radius 1 is 1.00 bits per heavy atom. The number of aliphatic hydroxyl groups is 2. The molecule has 162 valence electrons. The molecule has 1 heterocycles. The van der Waals surface area contributed by atoms with Gasteiger partial charge in [-0.25, -0.2) is 4.79 Å². The summed E-state index contributed by atoms with van der Waals surface area (Å²) in [6.07, 6.45) is -4.66. The van der Waals surface area contributed by atoms with Gasteiger partial charge >= 0.3 is 11.9 Å². The van der Waals surface area contributed by atoms with Crippen molar-refractivity contribution in [3.63, 3.8) is 0 Å². The van der Waals surface area contributed by atoms with E-state index in [1.807, 2.05) is 0 Å². The molecule has 4 atom stereocenters. The van der Waals surface area contributed by atoms with E-state index in [0.29, 0.717) is 11.1 Å². The fourth-order valence-electron chi connectivity index (χ4n) is 3.26. The molecular weight excluding hydrogens is 402 g/mol. The van der Waals surface area contributed by atoms with Crippen molar-refractivity contribution in [2.45, 2.75) is 43.2 Å². The molecule has 2 aromatic carbocycles. The van der Waals surface area contributed by atoms with Crippen molar-refractivity contribution in [2.24, 2.45) is 0 Å². The first-order valence-electron chi connectivity index (χ1n) is 9.23. The molecule has 1 saturated heterocycles. The number of aliphatic carboxylic acids is 1. The molecular formula is C21H22F2O7. The summed E-state index contributed by atoms with van der Waals surface area (Å²) in [6.45, 7) is -1.05. The smallest absolute Gasteiger partial charge is 0.397 e. The fourth-order valence-corrected chi connectivity index (χ4v) is 3.26. The number of carbonyl (C=O) groups is 1. The van der Waals surface area contributed by atoms with Gasteiger partial charge in [-0.15, -0.1) is 0 Å². The van der Waals surface area contributed by atoms with Crippen molar-refractivity contribution in [3.05, 3.63) is 71.8 Å². The van der Waals surface area contributed by atoms with Gasteiger partial charge in [-0.1, -0.05) is 60.7 Å². The predicted octanol–water partition coefficient (Wildman–Crippen LogP) is 1.96. The molecule has 0 bridgehead atoms. The molecule has 0 radical (unpaired) electrons. The molecule has 1 aliphatic heterocycles. The third-order valence-corrected chi connectivity index (χ3v) is 4.84. The summed E-state index contributed by atoms with van der Waals surface area (Å²) in [4.78, 5) is 11.2. The highest BCUT2D eigenvalue weighted by Gasteiger charge is 2.72. The number of carboxylic acid groups (broad SMARTS) is 1. The van der Waals surface area contributed by atoms with E-state index in [-0.39, 0.29) is 13.2 Å². The van der Waals surface area contributed by atoms with Crippen LogP contribution in [0.25, 0.3) is 0 Å². The third kappa shape index (κ3) is 4.35. The number of rotatable bonds is 9. The van der Waals surface area contributed by atoms with Crippen molar-refractivity contribution in [1.29, 1.82) is 0 Å². The number of alkyl halides is 2. The fraction of sp³-hybridized carbons (Fsp3) is 0.381. The van der Waals surface area contributed by atoms with E-state index in [2.05, 4.69) is 0 Å². The van der Waals surface area contributed by atoms with Gasteiger partial charge in [0.2, 0.25) is 0 Å². The van der Waals surface area contributed by atoms with Crippen LogP contribution in [0.1, 0.15) is 11.1 Å². The van der Waals surface area contributed by atoms with Crippen LogP contribution in [0.4, 0.5) is 8.78 Å². The minimum absolute atomic E-state index is 0.0503. The zero-order valence-electron chi connectivity index (χ0n) is 15.9. The van der Waals surface area contributed by atoms with Crippen LogP contribution in [-0.4, -0.2) is 57.9 Å². The van der Waals surface area contributed by atoms with Crippen LogP contribution < -0.4 is 0 Å². The molecule has 1 aliphatic rings. The Hall–Kier alpha value is -2.43. The Morgan fingerprint density at radius 3 is 1.97 bits per heavy atom. The first-order valence-corrected chi connectivity index (χ1v) is 9.23. The van der Waals surface area contributed by atoms with E-state index in [9.17, 15) is 23.8 Å². The number of carboxylic acids is 1. The van der Waals surface area contributed by atoms with Crippen LogP contribution in [-0.2, 0) is 32.2 Å². The molecule has 2 aromatic rings. The van der Waals surface area contributed by atoms with Crippen molar-refractivity contribution in [3.8, 4) is 0 Å². The van der Waals surface area contributed by atoms with Crippen LogP contribution >= 0.6 is 0 Å². The topological polar surface area (TPSA) is 105 Å². The maximum absolute atomic E-state index is 14.5. The molecule has 0 aliphatic carbocycles. The van der Waals surface area contributed by atoms with E-state index in [1.54, 1.807) is 60.7 Å². The Kier molecular flexibility index (Phi) is 6.79. The minimum Gasteiger partial charge on any atom is -0.477 e. The number of ether oxygens (including phenoxy) is 3. The van der Waals surface area contributed by atoms with Crippen molar-refractivity contribution >= 4 is 5.97 Å². The molecule has 7 nitrogen and oxygen atoms in total. The van der Waals surface area contributed by atoms with E-state index >= 15 is 0 Å². The van der Waals surface area contributed by atoms with Crippen molar-refractivity contribution < 1.29 is 43.1 Å². The number of halogens is 2. The molecule has 0 amide bonds. The summed E-state index contributed by atoms with van der Waals surface area (Å²) in [6, 6.07) is 17.3. The van der Waals surface area contributed by atoms with Gasteiger partial charge in [0.15, 0.2) is 0 Å². The summed E-state index contributed by atoms with van der Waals surface area (Å²) >= 11 is 0. The lowest BCUT2D eigenvalue weighted by Crippen LogP contribution is -2.61. The predicted molar refractivity (Wildman–Crippen MR) is 99.5 cm³/mol. The Labute approximate surface area is 171 Å². The summed E-state index contributed by atoms with van der Waals surface area (Å²) in [5.74, 6) is -10.8. The molecule has 30 heavy (non-hydrogen) atoms. The van der Waals surface area contributed by atoms with Gasteiger partial charge in [-0.05, 0) is 11.1 Å². The van der Waals surface area contributed by atoms with Gasteiger partial charge in [0, 0.05) is 0 Å². The van der Waals surface area contributed by atoms with Crippen LogP contribution in [0.2, 0.25) is 0 Å². The molecule has 1 unspecified atom stereocenters. The average Bonchev–Trinajstić information content (AvgIpc) is 3.04. The van der Waals surface area contributed by atoms with Gasteiger partial charge in [-0.3, -0.25) is 0 Å². The quantitative estimate of drug-likeness (QED) is 0.565. The molecule has 0 aromatic heterocycles. The van der Waals surface area contributed by atoms with Crippen LogP contribution in [0.15, 0.2) is 60.7 Å². The largest absolute Gasteiger partial charge is 0.477 e. The molecule has 3 N–H and O–H groups in total. The van der Waals surface area contributed by atoms with Gasteiger partial charge in [0.25, 0.3) is 5.79 Å². The highest BCUT2D eigenvalue weighted by atomic mass is 19.3. The lowest BCUT2D eigenvalue weighted by Gasteiger charge is -2.34. The third-order valence-electron chi connectivity index (χ3n) is 4.84. The molecule has 9 heteroatoms. The van der Waals surface area contributed by atoms with E-state index < -0.39 is 42.6 Å². The summed E-state index contributed by atoms with van der Waals surface area (Å²) in [5, 5.41) is 29.2. The van der Waals surface area contributed by atoms with Gasteiger partial charge in [0.05, 0.1) is 19.8 Å². The number of benzene rings is 2. The Morgan fingerprint density at radius 2 is 1.50 bits per heavy atom. The second-order valence-corrected chi connectivity index (χ2v) is 6.89. The second kappa shape index (κ2) is 9.15. The number of hydrogen-bond acceptors (Lipinski definition) is 6. The van der Waals surface area contributed by atoms with Gasteiger partial charge < -0.3 is 29.5 Å². The normalized spacial score (nSPS) is 26.6. The lowest BCUT2D eigenvalue weighted by atomic mass is 9.98. The molecule has 0 spiro atoms. The van der Waals surface area contributed by atoms with Crippen molar-refractivity contribution in [2.75, 3.05) is 6.61 Å². The molecule has 1 fully saturated rings. The zero-order valence-corrected chi connectivity index (χ0v) is 15.9. The van der Waals surface area contributed by atoms with Gasteiger partial charge in [0.1, 0.15) is 18.3 Å². The van der Waals surface area contributed by atoms with Crippen molar-refractivity contribution in [1.82, 2.24) is 0 Å². The lowest BCUT2D eigenvalue weighted by molar-refractivity contribution is -0.332. The highest BCUT2D eigenvalue weighted by Crippen LogP contribution is 2.44. The average molecular weight is 424 g/mol. The van der Waals surface area contributed by atoms with Gasteiger partial charge in [-0.2, -0.15) is 8.78 Å². The summed E-state index contributed by atoms with van der Waals surface area (Å²) in [7, 11) is 0. The molecule has 3 rings (SSSR count).